The third-order valence-electron chi connectivity index (χ3n) is 2.79. The third kappa shape index (κ3) is 2.73. The molecule has 1 aromatic heterocycles. The van der Waals surface area contributed by atoms with E-state index in [1.807, 2.05) is 12.1 Å². The Morgan fingerprint density at radius 1 is 1.22 bits per heavy atom. The molecular formula is C15H20N2O. The van der Waals surface area contributed by atoms with Crippen LogP contribution in [0.2, 0.25) is 0 Å². The number of nitrogens with one attached hydrogen (secondary N) is 1. The van der Waals surface area contributed by atoms with Crippen LogP contribution < -0.4 is 10.1 Å². The highest BCUT2D eigenvalue weighted by Gasteiger charge is 2.04. The van der Waals surface area contributed by atoms with Crippen molar-refractivity contribution < 1.29 is 4.74 Å². The first-order chi connectivity index (χ1) is 8.74. The minimum atomic E-state index is 0.757. The van der Waals surface area contributed by atoms with Crippen molar-refractivity contribution in [3.8, 4) is 5.75 Å². The van der Waals surface area contributed by atoms with Crippen molar-refractivity contribution >= 4 is 16.7 Å². The number of ether oxygens (including phenoxy) is 1. The van der Waals surface area contributed by atoms with Crippen LogP contribution in [0.25, 0.3) is 10.9 Å². The van der Waals surface area contributed by atoms with Crippen molar-refractivity contribution in [3.05, 3.63) is 29.8 Å². The lowest BCUT2D eigenvalue weighted by Crippen LogP contribution is -2.02. The van der Waals surface area contributed by atoms with E-state index in [0.29, 0.717) is 0 Å². The molecule has 0 spiro atoms. The summed E-state index contributed by atoms with van der Waals surface area (Å²) in [5.41, 5.74) is 2.16. The van der Waals surface area contributed by atoms with E-state index in [1.54, 1.807) is 0 Å². The van der Waals surface area contributed by atoms with Gasteiger partial charge < -0.3 is 10.1 Å². The van der Waals surface area contributed by atoms with Gasteiger partial charge in [-0.1, -0.05) is 6.92 Å². The summed E-state index contributed by atoms with van der Waals surface area (Å²) in [6.07, 6.45) is 1.02. The van der Waals surface area contributed by atoms with Gasteiger partial charge >= 0.3 is 0 Å². The number of aryl methyl sites for hydroxylation is 1. The second kappa shape index (κ2) is 5.71. The lowest BCUT2D eigenvalue weighted by atomic mass is 10.1. The minimum Gasteiger partial charge on any atom is -0.494 e. The van der Waals surface area contributed by atoms with E-state index in [4.69, 9.17) is 4.74 Å². The molecule has 1 aromatic carbocycles. The molecule has 0 aliphatic carbocycles. The van der Waals surface area contributed by atoms with E-state index in [-0.39, 0.29) is 0 Å². The van der Waals surface area contributed by atoms with Crippen molar-refractivity contribution in [1.82, 2.24) is 4.98 Å². The van der Waals surface area contributed by atoms with Crippen LogP contribution in [-0.2, 0) is 0 Å². The molecule has 0 unspecified atom stereocenters. The molecule has 18 heavy (non-hydrogen) atoms. The highest BCUT2D eigenvalue weighted by Crippen LogP contribution is 2.24. The van der Waals surface area contributed by atoms with E-state index < -0.39 is 0 Å². The van der Waals surface area contributed by atoms with Crippen molar-refractivity contribution in [2.45, 2.75) is 27.2 Å². The second-order valence-electron chi connectivity index (χ2n) is 4.39. The standard InChI is InChI=1S/C15H20N2O/c1-4-8-18-13-6-7-14-12(10-13)9-11(3)15(17-14)16-5-2/h6-7,9-10H,4-5,8H2,1-3H3,(H,16,17). The fourth-order valence-electron chi connectivity index (χ4n) is 1.92. The number of fused-ring (bicyclic) bond motifs is 1. The summed E-state index contributed by atoms with van der Waals surface area (Å²) in [6.45, 7) is 7.90. The van der Waals surface area contributed by atoms with Crippen LogP contribution >= 0.6 is 0 Å². The number of aromatic nitrogens is 1. The summed E-state index contributed by atoms with van der Waals surface area (Å²) < 4.78 is 5.64. The van der Waals surface area contributed by atoms with Crippen molar-refractivity contribution in [3.63, 3.8) is 0 Å². The maximum Gasteiger partial charge on any atom is 0.129 e. The second-order valence-corrected chi connectivity index (χ2v) is 4.39. The number of anilines is 1. The van der Waals surface area contributed by atoms with Crippen molar-refractivity contribution in [2.75, 3.05) is 18.5 Å². The van der Waals surface area contributed by atoms with E-state index in [1.165, 1.54) is 0 Å². The van der Waals surface area contributed by atoms with Crippen LogP contribution in [0.4, 0.5) is 5.82 Å². The van der Waals surface area contributed by atoms with E-state index in [9.17, 15) is 0 Å². The van der Waals surface area contributed by atoms with Crippen molar-refractivity contribution in [2.24, 2.45) is 0 Å². The van der Waals surface area contributed by atoms with Gasteiger partial charge in [0.05, 0.1) is 12.1 Å². The normalized spacial score (nSPS) is 10.6. The fraction of sp³-hybridized carbons (Fsp3) is 0.400. The van der Waals surface area contributed by atoms with Gasteiger partial charge in [-0.2, -0.15) is 0 Å². The molecule has 0 radical (unpaired) electrons. The molecular weight excluding hydrogens is 224 g/mol. The first kappa shape index (κ1) is 12.7. The Morgan fingerprint density at radius 2 is 2.06 bits per heavy atom. The van der Waals surface area contributed by atoms with E-state index in [2.05, 4.69) is 43.2 Å². The van der Waals surface area contributed by atoms with Crippen LogP contribution in [0.5, 0.6) is 5.75 Å². The van der Waals surface area contributed by atoms with Crippen LogP contribution in [0.3, 0.4) is 0 Å². The van der Waals surface area contributed by atoms with Gasteiger partial charge in [0.25, 0.3) is 0 Å². The number of hydrogen-bond acceptors (Lipinski definition) is 3. The molecule has 2 aromatic rings. The van der Waals surface area contributed by atoms with Gasteiger partial charge in [0.2, 0.25) is 0 Å². The molecule has 0 atom stereocenters. The van der Waals surface area contributed by atoms with Gasteiger partial charge in [-0.05, 0) is 50.1 Å². The fourth-order valence-corrected chi connectivity index (χ4v) is 1.92. The van der Waals surface area contributed by atoms with Gasteiger partial charge in [0.1, 0.15) is 11.6 Å². The summed E-state index contributed by atoms with van der Waals surface area (Å²) in [7, 11) is 0. The minimum absolute atomic E-state index is 0.757. The van der Waals surface area contributed by atoms with Gasteiger partial charge in [0, 0.05) is 11.9 Å². The lowest BCUT2D eigenvalue weighted by Gasteiger charge is -2.10. The van der Waals surface area contributed by atoms with Crippen LogP contribution in [0.15, 0.2) is 24.3 Å². The molecule has 96 valence electrons. The van der Waals surface area contributed by atoms with Crippen LogP contribution in [-0.4, -0.2) is 18.1 Å². The average Bonchev–Trinajstić information content (AvgIpc) is 2.37. The Hall–Kier alpha value is -1.77. The largest absolute Gasteiger partial charge is 0.494 e. The molecule has 0 aliphatic heterocycles. The maximum absolute atomic E-state index is 5.64. The van der Waals surface area contributed by atoms with Crippen LogP contribution in [0.1, 0.15) is 25.8 Å². The first-order valence-corrected chi connectivity index (χ1v) is 6.52. The number of rotatable bonds is 5. The Labute approximate surface area is 108 Å². The molecule has 3 heteroatoms. The summed E-state index contributed by atoms with van der Waals surface area (Å²) >= 11 is 0. The van der Waals surface area contributed by atoms with Gasteiger partial charge in [-0.15, -0.1) is 0 Å². The number of pyridine rings is 1. The molecule has 3 nitrogen and oxygen atoms in total. The van der Waals surface area contributed by atoms with Crippen LogP contribution in [0, 0.1) is 6.92 Å². The van der Waals surface area contributed by atoms with Gasteiger partial charge in [-0.25, -0.2) is 4.98 Å². The first-order valence-electron chi connectivity index (χ1n) is 6.52. The highest BCUT2D eigenvalue weighted by molar-refractivity contribution is 5.83. The Bertz CT molecular complexity index is 537. The third-order valence-corrected chi connectivity index (χ3v) is 2.79. The smallest absolute Gasteiger partial charge is 0.129 e. The molecule has 2 rings (SSSR count). The summed E-state index contributed by atoms with van der Waals surface area (Å²) in [6, 6.07) is 8.20. The number of nitrogens with zero attached hydrogens (tertiary/aromatic N) is 1. The Balaban J connectivity index is 2.36. The summed E-state index contributed by atoms with van der Waals surface area (Å²) in [5.74, 6) is 1.88. The molecule has 1 N–H and O–H groups in total. The molecule has 0 saturated heterocycles. The summed E-state index contributed by atoms with van der Waals surface area (Å²) in [4.78, 5) is 4.62. The Kier molecular flexibility index (Phi) is 4.03. The molecule has 0 aliphatic rings. The predicted molar refractivity (Wildman–Crippen MR) is 76.4 cm³/mol. The van der Waals surface area contributed by atoms with Gasteiger partial charge in [-0.3, -0.25) is 0 Å². The van der Waals surface area contributed by atoms with Crippen molar-refractivity contribution in [1.29, 1.82) is 0 Å². The highest BCUT2D eigenvalue weighted by atomic mass is 16.5. The maximum atomic E-state index is 5.64. The Morgan fingerprint density at radius 3 is 2.78 bits per heavy atom. The lowest BCUT2D eigenvalue weighted by molar-refractivity contribution is 0.318. The molecule has 1 heterocycles. The molecule has 0 fully saturated rings. The average molecular weight is 244 g/mol. The molecule has 0 amide bonds. The zero-order valence-electron chi connectivity index (χ0n) is 11.3. The zero-order chi connectivity index (χ0) is 13.0. The molecule has 0 saturated carbocycles. The SMILES string of the molecule is CCCOc1ccc2nc(NCC)c(C)cc2c1. The summed E-state index contributed by atoms with van der Waals surface area (Å²) in [5, 5.41) is 4.40. The monoisotopic (exact) mass is 244 g/mol. The number of hydrogen-bond donors (Lipinski definition) is 1. The topological polar surface area (TPSA) is 34.1 Å². The van der Waals surface area contributed by atoms with Gasteiger partial charge in [0.15, 0.2) is 0 Å². The zero-order valence-corrected chi connectivity index (χ0v) is 11.3. The predicted octanol–water partition coefficient (Wildman–Crippen LogP) is 3.76. The van der Waals surface area contributed by atoms with E-state index >= 15 is 0 Å². The quantitative estimate of drug-likeness (QED) is 0.869. The van der Waals surface area contributed by atoms with E-state index in [0.717, 1.165) is 47.6 Å². The number of benzene rings is 1. The molecule has 0 bridgehead atoms.